The maximum Gasteiger partial charge on any atom is 0.0725 e. The van der Waals surface area contributed by atoms with Crippen LogP contribution in [0.5, 0.6) is 0 Å². The standard InChI is InChI=1S/C20H21N3/c1-14-6-9-17-19(10-11-21-20(17)12-14)22-13-16-8-7-15-4-2-3-5-18(15)23-16/h2-6,9-12,16,23H,7-8,13H2,1H3,(H,21,22). The number of fused-ring (bicyclic) bond motifs is 2. The van der Waals surface area contributed by atoms with Crippen molar-refractivity contribution in [1.29, 1.82) is 0 Å². The summed E-state index contributed by atoms with van der Waals surface area (Å²) in [7, 11) is 0. The number of aromatic nitrogens is 1. The Balaban J connectivity index is 1.50. The molecule has 2 N–H and O–H groups in total. The lowest BCUT2D eigenvalue weighted by Gasteiger charge is -2.27. The van der Waals surface area contributed by atoms with E-state index in [4.69, 9.17) is 0 Å². The summed E-state index contributed by atoms with van der Waals surface area (Å²) in [5.41, 5.74) is 6.16. The molecule has 0 saturated carbocycles. The summed E-state index contributed by atoms with van der Waals surface area (Å²) in [6.07, 6.45) is 4.19. The van der Waals surface area contributed by atoms with Gasteiger partial charge in [0, 0.05) is 35.5 Å². The van der Waals surface area contributed by atoms with Gasteiger partial charge < -0.3 is 10.6 Å². The van der Waals surface area contributed by atoms with Gasteiger partial charge in [-0.05, 0) is 49.1 Å². The largest absolute Gasteiger partial charge is 0.382 e. The van der Waals surface area contributed by atoms with Crippen molar-refractivity contribution in [2.45, 2.75) is 25.8 Å². The third-order valence-corrected chi connectivity index (χ3v) is 4.58. The lowest BCUT2D eigenvalue weighted by atomic mass is 9.98. The molecular weight excluding hydrogens is 282 g/mol. The van der Waals surface area contributed by atoms with Gasteiger partial charge in [-0.2, -0.15) is 0 Å². The number of hydrogen-bond donors (Lipinski definition) is 2. The molecule has 0 saturated heterocycles. The first-order chi connectivity index (χ1) is 11.3. The SMILES string of the molecule is Cc1ccc2c(NCC3CCc4ccccc4N3)ccnc2c1. The van der Waals surface area contributed by atoms with Crippen LogP contribution in [0.25, 0.3) is 10.9 Å². The molecule has 23 heavy (non-hydrogen) atoms. The highest BCUT2D eigenvalue weighted by atomic mass is 15.0. The van der Waals surface area contributed by atoms with Crippen LogP contribution in [0.3, 0.4) is 0 Å². The van der Waals surface area contributed by atoms with Crippen LogP contribution in [-0.2, 0) is 6.42 Å². The minimum atomic E-state index is 0.457. The number of nitrogens with one attached hydrogen (secondary N) is 2. The van der Waals surface area contributed by atoms with Crippen LogP contribution in [0.15, 0.2) is 54.7 Å². The zero-order valence-corrected chi connectivity index (χ0v) is 13.3. The topological polar surface area (TPSA) is 37.0 Å². The van der Waals surface area contributed by atoms with Crippen LogP contribution in [0, 0.1) is 6.92 Å². The third kappa shape index (κ3) is 2.87. The molecule has 3 aromatic rings. The van der Waals surface area contributed by atoms with Crippen LogP contribution in [-0.4, -0.2) is 17.6 Å². The van der Waals surface area contributed by atoms with E-state index in [-0.39, 0.29) is 0 Å². The highest BCUT2D eigenvalue weighted by Crippen LogP contribution is 2.26. The van der Waals surface area contributed by atoms with Crippen molar-refractivity contribution in [3.05, 3.63) is 65.9 Å². The number of para-hydroxylation sites is 1. The molecule has 1 aliphatic heterocycles. The van der Waals surface area contributed by atoms with Crippen molar-refractivity contribution < 1.29 is 0 Å². The zero-order chi connectivity index (χ0) is 15.6. The van der Waals surface area contributed by atoms with Crippen molar-refractivity contribution in [2.75, 3.05) is 17.2 Å². The number of benzene rings is 2. The second-order valence-electron chi connectivity index (χ2n) is 6.30. The van der Waals surface area contributed by atoms with Crippen LogP contribution in [0.2, 0.25) is 0 Å². The normalized spacial score (nSPS) is 16.7. The summed E-state index contributed by atoms with van der Waals surface area (Å²) in [5.74, 6) is 0. The Morgan fingerprint density at radius 3 is 3.04 bits per heavy atom. The monoisotopic (exact) mass is 303 g/mol. The predicted octanol–water partition coefficient (Wildman–Crippen LogP) is 4.38. The van der Waals surface area contributed by atoms with E-state index in [1.54, 1.807) is 0 Å². The van der Waals surface area contributed by atoms with E-state index in [0.29, 0.717) is 6.04 Å². The van der Waals surface area contributed by atoms with Crippen LogP contribution < -0.4 is 10.6 Å². The summed E-state index contributed by atoms with van der Waals surface area (Å²) in [6.45, 7) is 3.02. The highest BCUT2D eigenvalue weighted by molar-refractivity contribution is 5.91. The summed E-state index contributed by atoms with van der Waals surface area (Å²) in [5, 5.41) is 8.44. The summed E-state index contributed by atoms with van der Waals surface area (Å²) in [4.78, 5) is 4.47. The molecule has 4 rings (SSSR count). The first-order valence-electron chi connectivity index (χ1n) is 8.23. The van der Waals surface area contributed by atoms with E-state index in [0.717, 1.165) is 30.6 Å². The average Bonchev–Trinajstić information content (AvgIpc) is 2.59. The molecule has 3 nitrogen and oxygen atoms in total. The van der Waals surface area contributed by atoms with Gasteiger partial charge in [-0.15, -0.1) is 0 Å². The molecule has 0 bridgehead atoms. The van der Waals surface area contributed by atoms with Crippen molar-refractivity contribution in [3.63, 3.8) is 0 Å². The van der Waals surface area contributed by atoms with Gasteiger partial charge in [0.1, 0.15) is 0 Å². The summed E-state index contributed by atoms with van der Waals surface area (Å²) in [6, 6.07) is 17.6. The fourth-order valence-corrected chi connectivity index (χ4v) is 3.30. The Kier molecular flexibility index (Phi) is 3.62. The highest BCUT2D eigenvalue weighted by Gasteiger charge is 2.17. The van der Waals surface area contributed by atoms with Gasteiger partial charge in [0.2, 0.25) is 0 Å². The Morgan fingerprint density at radius 2 is 2.09 bits per heavy atom. The Hall–Kier alpha value is -2.55. The molecule has 0 spiro atoms. The van der Waals surface area contributed by atoms with E-state index in [9.17, 15) is 0 Å². The van der Waals surface area contributed by atoms with Crippen LogP contribution >= 0.6 is 0 Å². The predicted molar refractivity (Wildman–Crippen MR) is 97.1 cm³/mol. The first kappa shape index (κ1) is 14.1. The minimum Gasteiger partial charge on any atom is -0.382 e. The van der Waals surface area contributed by atoms with E-state index < -0.39 is 0 Å². The maximum atomic E-state index is 4.47. The third-order valence-electron chi connectivity index (χ3n) is 4.58. The first-order valence-corrected chi connectivity index (χ1v) is 8.23. The second kappa shape index (κ2) is 5.92. The molecule has 1 atom stereocenters. The van der Waals surface area contributed by atoms with Gasteiger partial charge in [-0.3, -0.25) is 4.98 Å². The molecule has 2 aromatic carbocycles. The van der Waals surface area contributed by atoms with Crippen LogP contribution in [0.1, 0.15) is 17.5 Å². The lowest BCUT2D eigenvalue weighted by Crippen LogP contribution is -2.32. The lowest BCUT2D eigenvalue weighted by molar-refractivity contribution is 0.655. The fourth-order valence-electron chi connectivity index (χ4n) is 3.30. The number of hydrogen-bond acceptors (Lipinski definition) is 3. The molecule has 1 aliphatic rings. The number of aryl methyl sites for hydroxylation is 2. The van der Waals surface area contributed by atoms with Gasteiger partial charge in [-0.25, -0.2) is 0 Å². The molecule has 116 valence electrons. The summed E-state index contributed by atoms with van der Waals surface area (Å²) >= 11 is 0. The molecule has 1 unspecified atom stereocenters. The number of pyridine rings is 1. The van der Waals surface area contributed by atoms with Gasteiger partial charge in [-0.1, -0.05) is 30.3 Å². The molecule has 1 aromatic heterocycles. The van der Waals surface area contributed by atoms with Gasteiger partial charge in [0.05, 0.1) is 5.52 Å². The van der Waals surface area contributed by atoms with E-state index in [2.05, 4.69) is 71.1 Å². The van der Waals surface area contributed by atoms with E-state index in [1.165, 1.54) is 22.2 Å². The summed E-state index contributed by atoms with van der Waals surface area (Å²) < 4.78 is 0. The molecule has 0 amide bonds. The fraction of sp³-hybridized carbons (Fsp3) is 0.250. The van der Waals surface area contributed by atoms with Gasteiger partial charge in [0.25, 0.3) is 0 Å². The van der Waals surface area contributed by atoms with E-state index >= 15 is 0 Å². The quantitative estimate of drug-likeness (QED) is 0.754. The van der Waals surface area contributed by atoms with Gasteiger partial charge in [0.15, 0.2) is 0 Å². The second-order valence-corrected chi connectivity index (χ2v) is 6.30. The Morgan fingerprint density at radius 1 is 1.17 bits per heavy atom. The minimum absolute atomic E-state index is 0.457. The van der Waals surface area contributed by atoms with Crippen LogP contribution in [0.4, 0.5) is 11.4 Å². The Bertz CT molecular complexity index is 841. The molecule has 0 fully saturated rings. The molecule has 3 heteroatoms. The molecule has 2 heterocycles. The zero-order valence-electron chi connectivity index (χ0n) is 13.3. The van der Waals surface area contributed by atoms with Crippen molar-refractivity contribution >= 4 is 22.3 Å². The smallest absolute Gasteiger partial charge is 0.0725 e. The van der Waals surface area contributed by atoms with Crippen molar-refractivity contribution in [3.8, 4) is 0 Å². The Labute approximate surface area is 136 Å². The molecular formula is C20H21N3. The number of anilines is 2. The number of rotatable bonds is 3. The maximum absolute atomic E-state index is 4.47. The molecule has 0 aliphatic carbocycles. The average molecular weight is 303 g/mol. The van der Waals surface area contributed by atoms with Crippen molar-refractivity contribution in [2.24, 2.45) is 0 Å². The van der Waals surface area contributed by atoms with Gasteiger partial charge >= 0.3 is 0 Å². The van der Waals surface area contributed by atoms with Crippen molar-refractivity contribution in [1.82, 2.24) is 4.98 Å². The number of nitrogens with zero attached hydrogens (tertiary/aromatic N) is 1. The van der Waals surface area contributed by atoms with E-state index in [1.807, 2.05) is 6.20 Å². The molecule has 0 radical (unpaired) electrons.